The van der Waals surface area contributed by atoms with Crippen molar-refractivity contribution in [3.63, 3.8) is 0 Å². The monoisotopic (exact) mass is 313 g/mol. The summed E-state index contributed by atoms with van der Waals surface area (Å²) < 4.78 is 6.26. The normalized spacial score (nSPS) is 19.9. The van der Waals surface area contributed by atoms with Crippen LogP contribution in [0.2, 0.25) is 0 Å². The molecule has 0 radical (unpaired) electrons. The van der Waals surface area contributed by atoms with Gasteiger partial charge in [0.2, 0.25) is 5.91 Å². The van der Waals surface area contributed by atoms with Gasteiger partial charge in [0, 0.05) is 23.2 Å². The molecular weight excluding hydrogens is 298 g/mol. The third kappa shape index (κ3) is 2.66. The molecule has 1 amide bonds. The highest BCUT2D eigenvalue weighted by atomic mass is 79.9. The first-order valence-electron chi connectivity index (χ1n) is 5.75. The van der Waals surface area contributed by atoms with Crippen LogP contribution in [0.1, 0.15) is 5.56 Å². The van der Waals surface area contributed by atoms with Crippen molar-refractivity contribution >= 4 is 27.5 Å². The zero-order valence-corrected chi connectivity index (χ0v) is 11.5. The van der Waals surface area contributed by atoms with E-state index in [4.69, 9.17) is 16.2 Å². The van der Waals surface area contributed by atoms with E-state index in [1.165, 1.54) is 0 Å². The van der Waals surface area contributed by atoms with Crippen LogP contribution < -0.4 is 16.4 Å². The van der Waals surface area contributed by atoms with Gasteiger partial charge in [-0.25, -0.2) is 0 Å². The Bertz CT molecular complexity index is 453. The van der Waals surface area contributed by atoms with Crippen molar-refractivity contribution in [3.05, 3.63) is 28.2 Å². The number of nitrogens with zero attached hydrogens (tertiary/aromatic N) is 1. The molecule has 0 saturated carbocycles. The minimum Gasteiger partial charge on any atom is -0.377 e. The second kappa shape index (κ2) is 5.69. The van der Waals surface area contributed by atoms with Crippen LogP contribution in [-0.2, 0) is 16.1 Å². The molecule has 1 aliphatic heterocycles. The first-order chi connectivity index (χ1) is 8.63. The highest BCUT2D eigenvalue weighted by Crippen LogP contribution is 2.27. The van der Waals surface area contributed by atoms with Crippen molar-refractivity contribution in [2.75, 3.05) is 24.7 Å². The van der Waals surface area contributed by atoms with Gasteiger partial charge < -0.3 is 21.1 Å². The third-order valence-electron chi connectivity index (χ3n) is 3.03. The van der Waals surface area contributed by atoms with Crippen molar-refractivity contribution in [1.82, 2.24) is 0 Å². The van der Waals surface area contributed by atoms with Gasteiger partial charge in [-0.1, -0.05) is 22.0 Å². The third-order valence-corrected chi connectivity index (χ3v) is 3.53. The molecule has 18 heavy (non-hydrogen) atoms. The molecule has 1 atom stereocenters. The lowest BCUT2D eigenvalue weighted by molar-refractivity contribution is -0.121. The topological polar surface area (TPSA) is 81.6 Å². The van der Waals surface area contributed by atoms with Crippen molar-refractivity contribution < 1.29 is 9.53 Å². The van der Waals surface area contributed by atoms with Crippen LogP contribution in [0.25, 0.3) is 0 Å². The fourth-order valence-corrected chi connectivity index (χ4v) is 2.45. The largest absolute Gasteiger partial charge is 0.377 e. The number of benzene rings is 1. The number of nitrogens with two attached hydrogens (primary N) is 2. The maximum absolute atomic E-state index is 11.5. The predicted octanol–water partition coefficient (Wildman–Crippen LogP) is 0.598. The zero-order chi connectivity index (χ0) is 13.1. The van der Waals surface area contributed by atoms with E-state index in [1.54, 1.807) is 0 Å². The number of hydrogen-bond donors (Lipinski definition) is 2. The molecule has 0 aliphatic carbocycles. The van der Waals surface area contributed by atoms with E-state index in [-0.39, 0.29) is 5.91 Å². The average Bonchev–Trinajstić information content (AvgIpc) is 2.38. The van der Waals surface area contributed by atoms with E-state index in [0.29, 0.717) is 26.3 Å². The molecule has 1 aromatic carbocycles. The second-order valence-electron chi connectivity index (χ2n) is 4.16. The van der Waals surface area contributed by atoms with E-state index >= 15 is 0 Å². The SMILES string of the molecule is NCc1ccc(Br)cc1N1CCOCC1C(N)=O. The number of ether oxygens (including phenoxy) is 1. The number of anilines is 1. The predicted molar refractivity (Wildman–Crippen MR) is 73.2 cm³/mol. The zero-order valence-electron chi connectivity index (χ0n) is 9.93. The summed E-state index contributed by atoms with van der Waals surface area (Å²) in [5.41, 5.74) is 13.1. The molecule has 1 saturated heterocycles. The summed E-state index contributed by atoms with van der Waals surface area (Å²) in [5, 5.41) is 0. The first-order valence-corrected chi connectivity index (χ1v) is 6.55. The fourth-order valence-electron chi connectivity index (χ4n) is 2.10. The number of halogens is 1. The molecule has 2 rings (SSSR count). The number of amides is 1. The quantitative estimate of drug-likeness (QED) is 0.856. The molecule has 1 aromatic rings. The number of carbonyl (C=O) groups is 1. The Balaban J connectivity index is 2.38. The van der Waals surface area contributed by atoms with E-state index in [1.807, 2.05) is 23.1 Å². The maximum atomic E-state index is 11.5. The van der Waals surface area contributed by atoms with E-state index < -0.39 is 6.04 Å². The van der Waals surface area contributed by atoms with E-state index in [9.17, 15) is 4.79 Å². The lowest BCUT2D eigenvalue weighted by Gasteiger charge is -2.36. The second-order valence-corrected chi connectivity index (χ2v) is 5.08. The molecular formula is C12H16BrN3O2. The minimum absolute atomic E-state index is 0.325. The van der Waals surface area contributed by atoms with Crippen LogP contribution in [0.15, 0.2) is 22.7 Å². The highest BCUT2D eigenvalue weighted by molar-refractivity contribution is 9.10. The van der Waals surface area contributed by atoms with Crippen molar-refractivity contribution in [3.8, 4) is 0 Å². The van der Waals surface area contributed by atoms with Gasteiger partial charge in [-0.3, -0.25) is 4.79 Å². The van der Waals surface area contributed by atoms with Gasteiger partial charge in [-0.05, 0) is 17.7 Å². The molecule has 1 fully saturated rings. The van der Waals surface area contributed by atoms with Crippen molar-refractivity contribution in [2.24, 2.45) is 11.5 Å². The molecule has 4 N–H and O–H groups in total. The van der Waals surface area contributed by atoms with Crippen LogP contribution in [-0.4, -0.2) is 31.7 Å². The summed E-state index contributed by atoms with van der Waals surface area (Å²) in [6.45, 7) is 1.97. The van der Waals surface area contributed by atoms with Crippen LogP contribution >= 0.6 is 15.9 Å². The van der Waals surface area contributed by atoms with Gasteiger partial charge in [-0.2, -0.15) is 0 Å². The summed E-state index contributed by atoms with van der Waals surface area (Å²) >= 11 is 3.43. The number of hydrogen-bond acceptors (Lipinski definition) is 4. The number of rotatable bonds is 3. The molecule has 0 aromatic heterocycles. The Kier molecular flexibility index (Phi) is 4.21. The number of carbonyl (C=O) groups excluding carboxylic acids is 1. The van der Waals surface area contributed by atoms with Gasteiger partial charge in [0.15, 0.2) is 0 Å². The summed E-state index contributed by atoms with van der Waals surface area (Å²) in [4.78, 5) is 13.5. The average molecular weight is 314 g/mol. The highest BCUT2D eigenvalue weighted by Gasteiger charge is 2.29. The molecule has 0 spiro atoms. The Labute approximate surface area is 114 Å². The van der Waals surface area contributed by atoms with Gasteiger partial charge in [0.05, 0.1) is 13.2 Å². The number of morpholine rings is 1. The Morgan fingerprint density at radius 1 is 1.56 bits per heavy atom. The van der Waals surface area contributed by atoms with Crippen LogP contribution in [0.5, 0.6) is 0 Å². The van der Waals surface area contributed by atoms with Gasteiger partial charge >= 0.3 is 0 Å². The summed E-state index contributed by atoms with van der Waals surface area (Å²) in [5.74, 6) is -0.377. The Morgan fingerprint density at radius 3 is 3.00 bits per heavy atom. The lowest BCUT2D eigenvalue weighted by Crippen LogP contribution is -2.53. The van der Waals surface area contributed by atoms with Crippen molar-refractivity contribution in [1.29, 1.82) is 0 Å². The van der Waals surface area contributed by atoms with Crippen molar-refractivity contribution in [2.45, 2.75) is 12.6 Å². The molecule has 5 nitrogen and oxygen atoms in total. The van der Waals surface area contributed by atoms with Crippen LogP contribution in [0.4, 0.5) is 5.69 Å². The molecule has 1 heterocycles. The minimum atomic E-state index is -0.432. The van der Waals surface area contributed by atoms with Crippen LogP contribution in [0.3, 0.4) is 0 Å². The fraction of sp³-hybridized carbons (Fsp3) is 0.417. The molecule has 1 aliphatic rings. The van der Waals surface area contributed by atoms with Gasteiger partial charge in [0.25, 0.3) is 0 Å². The smallest absolute Gasteiger partial charge is 0.242 e. The van der Waals surface area contributed by atoms with E-state index in [2.05, 4.69) is 15.9 Å². The standard InChI is InChI=1S/C12H16BrN3O2/c13-9-2-1-8(6-14)10(5-9)16-3-4-18-7-11(16)12(15)17/h1-2,5,11H,3-4,6-7,14H2,(H2,15,17). The Morgan fingerprint density at radius 2 is 2.33 bits per heavy atom. The summed E-state index contributed by atoms with van der Waals surface area (Å²) in [6.07, 6.45) is 0. The molecule has 1 unspecified atom stereocenters. The van der Waals surface area contributed by atoms with Gasteiger partial charge in [0.1, 0.15) is 6.04 Å². The first kappa shape index (κ1) is 13.3. The van der Waals surface area contributed by atoms with Gasteiger partial charge in [-0.15, -0.1) is 0 Å². The lowest BCUT2D eigenvalue weighted by atomic mass is 10.1. The summed E-state index contributed by atoms with van der Waals surface area (Å²) in [6, 6.07) is 5.42. The summed E-state index contributed by atoms with van der Waals surface area (Å²) in [7, 11) is 0. The van der Waals surface area contributed by atoms with E-state index in [0.717, 1.165) is 15.7 Å². The number of primary amides is 1. The molecule has 98 valence electrons. The van der Waals surface area contributed by atoms with Crippen LogP contribution in [0, 0.1) is 0 Å². The Hall–Kier alpha value is -1.11. The molecule has 6 heteroatoms. The molecule has 0 bridgehead atoms. The maximum Gasteiger partial charge on any atom is 0.242 e.